The minimum atomic E-state index is -0.701. The fourth-order valence-electron chi connectivity index (χ4n) is 3.58. The van der Waals surface area contributed by atoms with Crippen molar-refractivity contribution in [2.24, 2.45) is 0 Å². The number of nitrogens with one attached hydrogen (secondary N) is 1. The first-order valence-electron chi connectivity index (χ1n) is 10.4. The molecule has 30 heavy (non-hydrogen) atoms. The fraction of sp³-hybridized carbons (Fsp3) is 0.435. The van der Waals surface area contributed by atoms with Gasteiger partial charge in [0.05, 0.1) is 17.6 Å². The fourth-order valence-corrected chi connectivity index (χ4v) is 3.58. The molecule has 3 rings (SSSR count). The maximum absolute atomic E-state index is 10.6. The van der Waals surface area contributed by atoms with Crippen LogP contribution in [0.3, 0.4) is 0 Å². The third-order valence-electron chi connectivity index (χ3n) is 5.37. The molecule has 1 unspecified atom stereocenters. The van der Waals surface area contributed by atoms with Crippen LogP contribution in [0.4, 0.5) is 0 Å². The van der Waals surface area contributed by atoms with Crippen LogP contribution in [0, 0.1) is 12.3 Å². The molecule has 0 spiro atoms. The van der Waals surface area contributed by atoms with Crippen LogP contribution in [0.25, 0.3) is 11.0 Å². The second kappa shape index (κ2) is 11.2. The Morgan fingerprint density at radius 2 is 1.60 bits per heavy atom. The van der Waals surface area contributed by atoms with Crippen molar-refractivity contribution in [3.8, 4) is 5.75 Å². The largest absolute Gasteiger partial charge is 0.491 e. The Kier molecular flexibility index (Phi) is 8.96. The van der Waals surface area contributed by atoms with Gasteiger partial charge in [0.25, 0.3) is 0 Å². The highest BCUT2D eigenvalue weighted by molar-refractivity contribution is 5.85. The SMILES string of the molecule is CCN(CC)CCn1c(=N)n(CC(O)COc2ccc(C)cc2)c2ccccc21.Cl. The molecule has 2 N–H and O–H groups in total. The number of fused-ring (bicyclic) bond motifs is 1. The van der Waals surface area contributed by atoms with Crippen molar-refractivity contribution in [1.82, 2.24) is 14.0 Å². The summed E-state index contributed by atoms with van der Waals surface area (Å²) in [5.74, 6) is 0.743. The first kappa shape index (κ1) is 24.0. The van der Waals surface area contributed by atoms with Crippen LogP contribution in [0.1, 0.15) is 19.4 Å². The van der Waals surface area contributed by atoms with Crippen molar-refractivity contribution < 1.29 is 9.84 Å². The van der Waals surface area contributed by atoms with Gasteiger partial charge in [0, 0.05) is 13.1 Å². The molecule has 2 aromatic carbocycles. The van der Waals surface area contributed by atoms with Crippen molar-refractivity contribution in [2.45, 2.75) is 40.0 Å². The predicted octanol–water partition coefficient (Wildman–Crippen LogP) is 3.43. The van der Waals surface area contributed by atoms with Gasteiger partial charge < -0.3 is 23.9 Å². The molecule has 0 aliphatic heterocycles. The lowest BCUT2D eigenvalue weighted by molar-refractivity contribution is 0.0920. The summed E-state index contributed by atoms with van der Waals surface area (Å²) in [7, 11) is 0. The molecule has 3 aromatic rings. The van der Waals surface area contributed by atoms with Crippen molar-refractivity contribution in [3.63, 3.8) is 0 Å². The minimum Gasteiger partial charge on any atom is -0.491 e. The zero-order valence-electron chi connectivity index (χ0n) is 18.0. The summed E-state index contributed by atoms with van der Waals surface area (Å²) in [4.78, 5) is 2.35. The highest BCUT2D eigenvalue weighted by Gasteiger charge is 2.15. The van der Waals surface area contributed by atoms with E-state index in [1.165, 1.54) is 5.56 Å². The smallest absolute Gasteiger partial charge is 0.203 e. The van der Waals surface area contributed by atoms with E-state index in [4.69, 9.17) is 10.1 Å². The Bertz CT molecular complexity index is 977. The number of para-hydroxylation sites is 2. The van der Waals surface area contributed by atoms with E-state index in [-0.39, 0.29) is 19.0 Å². The molecule has 0 fully saturated rings. The first-order valence-corrected chi connectivity index (χ1v) is 10.4. The van der Waals surface area contributed by atoms with Crippen LogP contribution in [0.5, 0.6) is 5.75 Å². The topological polar surface area (TPSA) is 66.4 Å². The van der Waals surface area contributed by atoms with Crippen LogP contribution in [-0.2, 0) is 13.1 Å². The molecular weight excluding hydrogens is 400 g/mol. The van der Waals surface area contributed by atoms with Gasteiger partial charge >= 0.3 is 0 Å². The van der Waals surface area contributed by atoms with E-state index in [9.17, 15) is 5.11 Å². The van der Waals surface area contributed by atoms with Gasteiger partial charge in [0.15, 0.2) is 0 Å². The summed E-state index contributed by atoms with van der Waals surface area (Å²) in [5, 5.41) is 19.3. The van der Waals surface area contributed by atoms with Gasteiger partial charge in [-0.25, -0.2) is 0 Å². The second-order valence-electron chi connectivity index (χ2n) is 7.38. The number of rotatable bonds is 10. The maximum atomic E-state index is 10.6. The summed E-state index contributed by atoms with van der Waals surface area (Å²) in [6.07, 6.45) is -0.701. The lowest BCUT2D eigenvalue weighted by atomic mass is 10.2. The molecule has 0 saturated heterocycles. The quantitative estimate of drug-likeness (QED) is 0.515. The third-order valence-corrected chi connectivity index (χ3v) is 5.37. The van der Waals surface area contributed by atoms with Gasteiger partial charge in [-0.1, -0.05) is 43.7 Å². The van der Waals surface area contributed by atoms with Crippen LogP contribution in [0.15, 0.2) is 48.5 Å². The van der Waals surface area contributed by atoms with Gasteiger partial charge in [0.2, 0.25) is 5.62 Å². The number of halogens is 1. The minimum absolute atomic E-state index is 0. The number of benzene rings is 2. The lowest BCUT2D eigenvalue weighted by Gasteiger charge is -2.18. The second-order valence-corrected chi connectivity index (χ2v) is 7.38. The van der Waals surface area contributed by atoms with Crippen molar-refractivity contribution in [2.75, 3.05) is 26.2 Å². The Balaban J connectivity index is 0.00000320. The number of aliphatic hydroxyl groups excluding tert-OH is 1. The Labute approximate surface area is 184 Å². The number of imidazole rings is 1. The van der Waals surface area contributed by atoms with Crippen molar-refractivity contribution in [1.29, 1.82) is 5.41 Å². The van der Waals surface area contributed by atoms with Gasteiger partial charge in [-0.15, -0.1) is 12.4 Å². The Morgan fingerprint density at radius 3 is 2.20 bits per heavy atom. The van der Waals surface area contributed by atoms with E-state index in [1.54, 1.807) is 0 Å². The number of aryl methyl sites for hydroxylation is 1. The normalized spacial score (nSPS) is 12.2. The Morgan fingerprint density at radius 1 is 1.00 bits per heavy atom. The van der Waals surface area contributed by atoms with Crippen LogP contribution in [0.2, 0.25) is 0 Å². The van der Waals surface area contributed by atoms with Gasteiger partial charge in [-0.05, 0) is 44.3 Å². The standard InChI is InChI=1S/C23H32N4O2.ClH/c1-4-25(5-2)14-15-26-21-8-6-7-9-22(21)27(23(26)24)16-19(28)17-29-20-12-10-18(3)11-13-20;/h6-13,19,24,28H,4-5,14-17H2,1-3H3;1H. The highest BCUT2D eigenvalue weighted by Crippen LogP contribution is 2.15. The van der Waals surface area contributed by atoms with Gasteiger partial charge in [0.1, 0.15) is 18.5 Å². The van der Waals surface area contributed by atoms with E-state index in [1.807, 2.05) is 64.6 Å². The molecule has 7 heteroatoms. The van der Waals surface area contributed by atoms with E-state index in [0.717, 1.165) is 43.0 Å². The molecule has 1 aromatic heterocycles. The van der Waals surface area contributed by atoms with Crippen molar-refractivity contribution >= 4 is 23.4 Å². The lowest BCUT2D eigenvalue weighted by Crippen LogP contribution is -2.34. The third kappa shape index (κ3) is 5.65. The number of hydrogen-bond donors (Lipinski definition) is 2. The monoisotopic (exact) mass is 432 g/mol. The molecule has 1 atom stereocenters. The number of aromatic nitrogens is 2. The molecule has 6 nitrogen and oxygen atoms in total. The van der Waals surface area contributed by atoms with Gasteiger partial charge in [-0.3, -0.25) is 5.41 Å². The van der Waals surface area contributed by atoms with E-state index in [0.29, 0.717) is 12.2 Å². The van der Waals surface area contributed by atoms with Crippen LogP contribution in [-0.4, -0.2) is 51.5 Å². The average molecular weight is 433 g/mol. The van der Waals surface area contributed by atoms with Crippen LogP contribution >= 0.6 is 12.4 Å². The molecule has 0 bridgehead atoms. The first-order chi connectivity index (χ1) is 14.0. The molecule has 0 aliphatic rings. The summed E-state index contributed by atoms with van der Waals surface area (Å²) in [5.41, 5.74) is 3.57. The van der Waals surface area contributed by atoms with Gasteiger partial charge in [-0.2, -0.15) is 0 Å². The molecule has 0 amide bonds. The van der Waals surface area contributed by atoms with E-state index < -0.39 is 6.10 Å². The average Bonchev–Trinajstić information content (AvgIpc) is 3.00. The summed E-state index contributed by atoms with van der Waals surface area (Å²) in [6, 6.07) is 15.8. The number of nitrogens with zero attached hydrogens (tertiary/aromatic N) is 3. The molecule has 0 aliphatic carbocycles. The van der Waals surface area contributed by atoms with E-state index >= 15 is 0 Å². The molecule has 0 saturated carbocycles. The number of aliphatic hydroxyl groups is 1. The number of hydrogen-bond acceptors (Lipinski definition) is 4. The highest BCUT2D eigenvalue weighted by atomic mass is 35.5. The molecule has 164 valence electrons. The van der Waals surface area contributed by atoms with Crippen molar-refractivity contribution in [3.05, 3.63) is 59.7 Å². The summed E-state index contributed by atoms with van der Waals surface area (Å²) < 4.78 is 9.63. The number of likely N-dealkylation sites (N-methyl/N-ethyl adjacent to an activating group) is 1. The summed E-state index contributed by atoms with van der Waals surface area (Å²) >= 11 is 0. The Hall–Kier alpha value is -2.28. The zero-order valence-corrected chi connectivity index (χ0v) is 18.9. The molecular formula is C23H33ClN4O2. The predicted molar refractivity (Wildman–Crippen MR) is 123 cm³/mol. The van der Waals surface area contributed by atoms with E-state index in [2.05, 4.69) is 18.7 Å². The van der Waals surface area contributed by atoms with Crippen LogP contribution < -0.4 is 10.4 Å². The maximum Gasteiger partial charge on any atom is 0.203 e. The molecule has 0 radical (unpaired) electrons. The summed E-state index contributed by atoms with van der Waals surface area (Å²) in [6.45, 7) is 10.5. The molecule has 1 heterocycles. The number of ether oxygens (including phenoxy) is 1. The zero-order chi connectivity index (χ0) is 20.8.